The van der Waals surface area contributed by atoms with Crippen LogP contribution in [0.1, 0.15) is 39.2 Å². The van der Waals surface area contributed by atoms with E-state index in [0.717, 1.165) is 11.1 Å². The summed E-state index contributed by atoms with van der Waals surface area (Å²) in [5.41, 5.74) is 0.775. The number of rotatable bonds is 8. The molecule has 0 saturated carbocycles. The predicted molar refractivity (Wildman–Crippen MR) is 131 cm³/mol. The highest BCUT2D eigenvalue weighted by Gasteiger charge is 2.48. The van der Waals surface area contributed by atoms with Crippen molar-refractivity contribution in [2.45, 2.75) is 39.2 Å². The number of carbonyl (C=O) groups is 2. The maximum absolute atomic E-state index is 13.1. The number of hydrogen-bond acceptors (Lipinski definition) is 4. The van der Waals surface area contributed by atoms with E-state index in [1.54, 1.807) is 12.2 Å². The fourth-order valence-electron chi connectivity index (χ4n) is 4.03. The van der Waals surface area contributed by atoms with Crippen molar-refractivity contribution in [3.63, 3.8) is 0 Å². The molecule has 174 valence electrons. The van der Waals surface area contributed by atoms with E-state index in [9.17, 15) is 14.0 Å². The minimum atomic E-state index is -0.899. The first-order valence-corrected chi connectivity index (χ1v) is 11.9. The predicted octanol–water partition coefficient (Wildman–Crippen LogP) is 6.68. The van der Waals surface area contributed by atoms with Crippen LogP contribution < -0.4 is 4.74 Å². The topological polar surface area (TPSA) is 46.6 Å². The van der Waals surface area contributed by atoms with Gasteiger partial charge < -0.3 is 9.64 Å². The average molecular weight is 488 g/mol. The van der Waals surface area contributed by atoms with E-state index in [1.807, 2.05) is 43.2 Å². The monoisotopic (exact) mass is 487 g/mol. The lowest BCUT2D eigenvalue weighted by atomic mass is 9.75. The molecular formula is C26H27ClFNO3S. The van der Waals surface area contributed by atoms with Crippen molar-refractivity contribution >= 4 is 34.6 Å². The lowest BCUT2D eigenvalue weighted by Gasteiger charge is -2.48. The summed E-state index contributed by atoms with van der Waals surface area (Å²) in [7, 11) is 0. The molecule has 33 heavy (non-hydrogen) atoms. The second-order valence-electron chi connectivity index (χ2n) is 8.52. The molecule has 1 amide bonds. The maximum Gasteiger partial charge on any atom is 0.231 e. The molecular weight excluding hydrogens is 461 g/mol. The summed E-state index contributed by atoms with van der Waals surface area (Å²) in [5.74, 6) is 0.452. The van der Waals surface area contributed by atoms with Crippen LogP contribution in [0.5, 0.6) is 5.75 Å². The zero-order valence-electron chi connectivity index (χ0n) is 18.9. The first-order chi connectivity index (χ1) is 15.6. The molecule has 4 nitrogen and oxygen atoms in total. The van der Waals surface area contributed by atoms with Crippen LogP contribution in [0, 0.1) is 11.7 Å². The van der Waals surface area contributed by atoms with E-state index < -0.39 is 5.54 Å². The number of Topliss-reactive ketones (excluding diaryl/α,β-unsaturated/α-hetero) is 1. The Balaban J connectivity index is 1.94. The zero-order chi connectivity index (χ0) is 24.2. The highest BCUT2D eigenvalue weighted by Crippen LogP contribution is 2.45. The van der Waals surface area contributed by atoms with Gasteiger partial charge in [0.2, 0.25) is 5.91 Å². The van der Waals surface area contributed by atoms with Gasteiger partial charge in [-0.15, -0.1) is 11.3 Å². The number of amides is 1. The summed E-state index contributed by atoms with van der Waals surface area (Å²) < 4.78 is 19.3. The van der Waals surface area contributed by atoms with Crippen molar-refractivity contribution in [1.82, 2.24) is 4.90 Å². The minimum Gasteiger partial charge on any atom is -0.458 e. The minimum absolute atomic E-state index is 0.0855. The average Bonchev–Trinajstić information content (AvgIpc) is 3.18. The Bertz CT molecular complexity index is 1100. The SMILES string of the molecule is C=C(/C=C\C=C(/C)C1(c2csc(Cl)c2)CC(=O)CC(=O)N1CC(C)C)Oc1ccc(F)cc1. The summed E-state index contributed by atoms with van der Waals surface area (Å²) in [6, 6.07) is 7.50. The van der Waals surface area contributed by atoms with Crippen LogP contribution >= 0.6 is 22.9 Å². The molecule has 1 saturated heterocycles. The molecule has 0 bridgehead atoms. The van der Waals surface area contributed by atoms with Gasteiger partial charge >= 0.3 is 0 Å². The fraction of sp³-hybridized carbons (Fsp3) is 0.308. The largest absolute Gasteiger partial charge is 0.458 e. The number of nitrogens with zero attached hydrogens (tertiary/aromatic N) is 1. The first-order valence-electron chi connectivity index (χ1n) is 10.7. The highest BCUT2D eigenvalue weighted by molar-refractivity contribution is 7.14. The molecule has 1 fully saturated rings. The van der Waals surface area contributed by atoms with Gasteiger partial charge in [0.1, 0.15) is 23.1 Å². The summed E-state index contributed by atoms with van der Waals surface area (Å²) in [6.45, 7) is 10.4. The van der Waals surface area contributed by atoms with Gasteiger partial charge in [-0.3, -0.25) is 9.59 Å². The molecule has 0 radical (unpaired) electrons. The number of ketones is 1. The van der Waals surface area contributed by atoms with E-state index in [1.165, 1.54) is 35.6 Å². The number of allylic oxidation sites excluding steroid dienone is 3. The molecule has 1 unspecified atom stereocenters. The summed E-state index contributed by atoms with van der Waals surface area (Å²) >= 11 is 7.63. The maximum atomic E-state index is 13.1. The van der Waals surface area contributed by atoms with Crippen molar-refractivity contribution < 1.29 is 18.7 Å². The number of halogens is 2. The lowest BCUT2D eigenvalue weighted by molar-refractivity contribution is -0.147. The van der Waals surface area contributed by atoms with Crippen molar-refractivity contribution in [3.8, 4) is 5.75 Å². The molecule has 7 heteroatoms. The standard InChI is InChI=1S/C26H27ClFNO3S/c1-17(2)15-29-25(31)13-22(30)14-26(29,20-12-24(27)33-16-20)18(3)6-5-7-19(4)32-23-10-8-21(28)9-11-23/h5-12,16-17H,4,13-15H2,1-3H3/b7-5-,18-6+. The van der Waals surface area contributed by atoms with Gasteiger partial charge in [-0.05, 0) is 65.8 Å². The molecule has 1 aromatic carbocycles. The van der Waals surface area contributed by atoms with Crippen LogP contribution in [-0.2, 0) is 15.1 Å². The first kappa shape index (κ1) is 24.9. The molecule has 1 aliphatic rings. The molecule has 2 heterocycles. The number of thiophene rings is 1. The van der Waals surface area contributed by atoms with Crippen LogP contribution in [0.3, 0.4) is 0 Å². The number of ether oxygens (including phenoxy) is 1. The molecule has 3 rings (SSSR count). The van der Waals surface area contributed by atoms with E-state index in [0.29, 0.717) is 22.4 Å². The molecule has 1 aliphatic heterocycles. The smallest absolute Gasteiger partial charge is 0.231 e. The third-order valence-corrected chi connectivity index (χ3v) is 6.59. The number of benzene rings is 1. The molecule has 1 aromatic heterocycles. The number of hydrogen-bond donors (Lipinski definition) is 0. The summed E-state index contributed by atoms with van der Waals surface area (Å²) in [4.78, 5) is 27.5. The van der Waals surface area contributed by atoms with Crippen LogP contribution in [-0.4, -0.2) is 23.1 Å². The van der Waals surface area contributed by atoms with E-state index in [-0.39, 0.29) is 36.3 Å². The Morgan fingerprint density at radius 3 is 2.64 bits per heavy atom. The van der Waals surface area contributed by atoms with Crippen LogP contribution in [0.2, 0.25) is 4.34 Å². The second-order valence-corrected chi connectivity index (χ2v) is 10.1. The van der Waals surface area contributed by atoms with Crippen LogP contribution in [0.25, 0.3) is 0 Å². The number of carbonyl (C=O) groups excluding carboxylic acids is 2. The van der Waals surface area contributed by atoms with Gasteiger partial charge in [0.25, 0.3) is 0 Å². The summed E-state index contributed by atoms with van der Waals surface area (Å²) in [6.07, 6.45) is 5.43. The second kappa shape index (κ2) is 10.5. The Kier molecular flexibility index (Phi) is 7.92. The Hall–Kier alpha value is -2.70. The van der Waals surface area contributed by atoms with Crippen LogP contribution in [0.15, 0.2) is 71.9 Å². The molecule has 1 atom stereocenters. The highest BCUT2D eigenvalue weighted by atomic mass is 35.5. The van der Waals surface area contributed by atoms with Gasteiger partial charge in [-0.25, -0.2) is 4.39 Å². The van der Waals surface area contributed by atoms with E-state index in [2.05, 4.69) is 6.58 Å². The lowest BCUT2D eigenvalue weighted by Crippen LogP contribution is -2.56. The Morgan fingerprint density at radius 1 is 1.33 bits per heavy atom. The van der Waals surface area contributed by atoms with Crippen molar-refractivity contribution in [3.05, 3.63) is 87.6 Å². The Morgan fingerprint density at radius 2 is 2.03 bits per heavy atom. The zero-order valence-corrected chi connectivity index (χ0v) is 20.5. The van der Waals surface area contributed by atoms with Gasteiger partial charge in [-0.2, -0.15) is 0 Å². The van der Waals surface area contributed by atoms with Gasteiger partial charge in [0.05, 0.1) is 16.3 Å². The third-order valence-electron chi connectivity index (χ3n) is 5.50. The van der Waals surface area contributed by atoms with Crippen LogP contribution in [0.4, 0.5) is 4.39 Å². The fourth-order valence-corrected chi connectivity index (χ4v) is 4.98. The molecule has 0 N–H and O–H groups in total. The van der Waals surface area contributed by atoms with Gasteiger partial charge in [0, 0.05) is 13.0 Å². The van der Waals surface area contributed by atoms with E-state index >= 15 is 0 Å². The molecule has 0 spiro atoms. The van der Waals surface area contributed by atoms with Crippen molar-refractivity contribution in [2.75, 3.05) is 6.54 Å². The number of likely N-dealkylation sites (tertiary alicyclic amines) is 1. The van der Waals surface area contributed by atoms with Gasteiger partial charge in [0.15, 0.2) is 0 Å². The van der Waals surface area contributed by atoms with Crippen molar-refractivity contribution in [1.29, 1.82) is 0 Å². The quantitative estimate of drug-likeness (QED) is 0.237. The van der Waals surface area contributed by atoms with Crippen molar-refractivity contribution in [2.24, 2.45) is 5.92 Å². The third kappa shape index (κ3) is 5.81. The Labute approximate surface area is 203 Å². The molecule has 0 aliphatic carbocycles. The normalized spacial score (nSPS) is 19.6. The molecule has 2 aromatic rings. The summed E-state index contributed by atoms with van der Waals surface area (Å²) in [5, 5.41) is 1.92. The van der Waals surface area contributed by atoms with Gasteiger partial charge in [-0.1, -0.05) is 44.2 Å². The van der Waals surface area contributed by atoms with E-state index in [4.69, 9.17) is 16.3 Å². The number of piperidine rings is 1.